The van der Waals surface area contributed by atoms with Crippen LogP contribution in [0.15, 0.2) is 55.1 Å². The fraction of sp³-hybridized carbons (Fsp3) is 0.0833. The lowest BCUT2D eigenvalue weighted by Crippen LogP contribution is -1.94. The molecule has 0 aliphatic carbocycles. The zero-order valence-electron chi connectivity index (χ0n) is 7.90. The molecule has 0 aliphatic rings. The molecule has 0 heterocycles. The van der Waals surface area contributed by atoms with Crippen LogP contribution in [-0.4, -0.2) is 10.9 Å². The fourth-order valence-corrected chi connectivity index (χ4v) is 1.61. The molecule has 0 radical (unpaired) electrons. The molecule has 14 heavy (non-hydrogen) atoms. The van der Waals surface area contributed by atoms with Crippen molar-refractivity contribution < 1.29 is 4.79 Å². The van der Waals surface area contributed by atoms with E-state index >= 15 is 0 Å². The molecule has 0 aromatic heterocycles. The summed E-state index contributed by atoms with van der Waals surface area (Å²) in [6, 6.07) is 9.23. The van der Waals surface area contributed by atoms with Crippen molar-refractivity contribution in [1.82, 2.24) is 0 Å². The first-order valence-electron chi connectivity index (χ1n) is 4.26. The molecule has 0 aliphatic heterocycles. The number of carbonyl (C=O) groups is 1. The number of thioether (sulfide) groups is 1. The molecule has 72 valence electrons. The van der Waals surface area contributed by atoms with Crippen LogP contribution >= 0.6 is 11.8 Å². The second kappa shape index (κ2) is 5.45. The second-order valence-electron chi connectivity index (χ2n) is 2.80. The summed E-state index contributed by atoms with van der Waals surface area (Å²) in [5.74, 6) is 0.608. The highest BCUT2D eigenvalue weighted by molar-refractivity contribution is 8.14. The van der Waals surface area contributed by atoms with Crippen LogP contribution in [0.25, 0.3) is 0 Å². The molecule has 0 saturated carbocycles. The average molecular weight is 204 g/mol. The smallest absolute Gasteiger partial charge is 0.219 e. The SMILES string of the molecule is C=CC(=C)CSC(=O)c1ccccc1. The van der Waals surface area contributed by atoms with Gasteiger partial charge in [0, 0.05) is 11.3 Å². The van der Waals surface area contributed by atoms with Gasteiger partial charge in [0.25, 0.3) is 0 Å². The van der Waals surface area contributed by atoms with Gasteiger partial charge in [0.15, 0.2) is 0 Å². The van der Waals surface area contributed by atoms with Gasteiger partial charge < -0.3 is 0 Å². The summed E-state index contributed by atoms with van der Waals surface area (Å²) < 4.78 is 0. The van der Waals surface area contributed by atoms with Gasteiger partial charge in [-0.1, -0.05) is 61.3 Å². The van der Waals surface area contributed by atoms with Gasteiger partial charge in [-0.3, -0.25) is 4.79 Å². The quantitative estimate of drug-likeness (QED) is 0.700. The Kier molecular flexibility index (Phi) is 4.20. The van der Waals surface area contributed by atoms with E-state index in [0.29, 0.717) is 5.75 Å². The molecule has 0 spiro atoms. The van der Waals surface area contributed by atoms with Gasteiger partial charge in [-0.05, 0) is 5.57 Å². The Hall–Kier alpha value is -1.28. The maximum atomic E-state index is 11.6. The van der Waals surface area contributed by atoms with E-state index in [2.05, 4.69) is 13.2 Å². The van der Waals surface area contributed by atoms with Crippen LogP contribution in [0.2, 0.25) is 0 Å². The Morgan fingerprint density at radius 1 is 1.36 bits per heavy atom. The van der Waals surface area contributed by atoms with Crippen molar-refractivity contribution in [2.24, 2.45) is 0 Å². The lowest BCUT2D eigenvalue weighted by molar-refractivity contribution is 0.108. The maximum absolute atomic E-state index is 11.6. The molecule has 1 aromatic carbocycles. The van der Waals surface area contributed by atoms with E-state index < -0.39 is 0 Å². The van der Waals surface area contributed by atoms with Crippen LogP contribution in [0.1, 0.15) is 10.4 Å². The Morgan fingerprint density at radius 3 is 2.57 bits per heavy atom. The average Bonchev–Trinajstić information content (AvgIpc) is 2.26. The van der Waals surface area contributed by atoms with Gasteiger partial charge in [0.1, 0.15) is 0 Å². The topological polar surface area (TPSA) is 17.1 Å². The lowest BCUT2D eigenvalue weighted by Gasteiger charge is -1.99. The van der Waals surface area contributed by atoms with Crippen molar-refractivity contribution in [3.05, 3.63) is 60.7 Å². The molecule has 0 amide bonds. The summed E-state index contributed by atoms with van der Waals surface area (Å²) in [6.07, 6.45) is 1.67. The van der Waals surface area contributed by atoms with Gasteiger partial charge in [-0.15, -0.1) is 0 Å². The van der Waals surface area contributed by atoms with Gasteiger partial charge in [0.05, 0.1) is 0 Å². The lowest BCUT2D eigenvalue weighted by atomic mass is 10.2. The summed E-state index contributed by atoms with van der Waals surface area (Å²) in [7, 11) is 0. The minimum Gasteiger partial charge on any atom is -0.282 e. The molecular formula is C12H12OS. The van der Waals surface area contributed by atoms with E-state index in [-0.39, 0.29) is 5.12 Å². The molecule has 0 fully saturated rings. The number of hydrogen-bond donors (Lipinski definition) is 0. The zero-order valence-corrected chi connectivity index (χ0v) is 8.72. The minimum absolute atomic E-state index is 0.0774. The van der Waals surface area contributed by atoms with Crippen LogP contribution < -0.4 is 0 Å². The summed E-state index contributed by atoms with van der Waals surface area (Å²) in [4.78, 5) is 11.6. The maximum Gasteiger partial charge on any atom is 0.219 e. The first-order valence-corrected chi connectivity index (χ1v) is 5.25. The van der Waals surface area contributed by atoms with Crippen molar-refractivity contribution in [1.29, 1.82) is 0 Å². The number of hydrogen-bond acceptors (Lipinski definition) is 2. The van der Waals surface area contributed by atoms with Crippen molar-refractivity contribution in [3.8, 4) is 0 Å². The molecule has 1 rings (SSSR count). The third kappa shape index (κ3) is 3.23. The van der Waals surface area contributed by atoms with E-state index in [9.17, 15) is 4.79 Å². The van der Waals surface area contributed by atoms with Gasteiger partial charge in [0.2, 0.25) is 5.12 Å². The summed E-state index contributed by atoms with van der Waals surface area (Å²) in [6.45, 7) is 7.33. The van der Waals surface area contributed by atoms with E-state index in [0.717, 1.165) is 11.1 Å². The molecule has 2 heteroatoms. The third-order valence-electron chi connectivity index (χ3n) is 1.69. The second-order valence-corrected chi connectivity index (χ2v) is 3.75. The Balaban J connectivity index is 2.52. The van der Waals surface area contributed by atoms with Crippen LogP contribution in [0, 0.1) is 0 Å². The third-order valence-corrected chi connectivity index (χ3v) is 2.70. The molecule has 0 bridgehead atoms. The monoisotopic (exact) mass is 204 g/mol. The van der Waals surface area contributed by atoms with E-state index in [1.165, 1.54) is 11.8 Å². The first kappa shape index (κ1) is 10.8. The Bertz CT molecular complexity index is 341. The van der Waals surface area contributed by atoms with Crippen molar-refractivity contribution in [2.45, 2.75) is 0 Å². The summed E-state index contributed by atoms with van der Waals surface area (Å²) in [5.41, 5.74) is 1.61. The largest absolute Gasteiger partial charge is 0.282 e. The van der Waals surface area contributed by atoms with Crippen molar-refractivity contribution in [3.63, 3.8) is 0 Å². The fourth-order valence-electron chi connectivity index (χ4n) is 0.875. The Labute approximate surface area is 88.5 Å². The molecular weight excluding hydrogens is 192 g/mol. The molecule has 0 N–H and O–H groups in total. The first-order chi connectivity index (χ1) is 6.74. The highest BCUT2D eigenvalue weighted by Crippen LogP contribution is 2.14. The van der Waals surface area contributed by atoms with Gasteiger partial charge in [-0.2, -0.15) is 0 Å². The zero-order chi connectivity index (χ0) is 10.4. The number of carbonyl (C=O) groups excluding carboxylic acids is 1. The molecule has 1 nitrogen and oxygen atoms in total. The molecule has 0 saturated heterocycles. The van der Waals surface area contributed by atoms with E-state index in [1.54, 1.807) is 6.08 Å². The van der Waals surface area contributed by atoms with Gasteiger partial charge in [-0.25, -0.2) is 0 Å². The van der Waals surface area contributed by atoms with Gasteiger partial charge >= 0.3 is 0 Å². The van der Waals surface area contributed by atoms with Crippen molar-refractivity contribution >= 4 is 16.9 Å². The minimum atomic E-state index is 0.0774. The van der Waals surface area contributed by atoms with Crippen LogP contribution in [-0.2, 0) is 0 Å². The molecule has 1 aromatic rings. The Morgan fingerprint density at radius 2 is 2.00 bits per heavy atom. The van der Waals surface area contributed by atoms with Crippen LogP contribution in [0.3, 0.4) is 0 Å². The number of benzene rings is 1. The number of allylic oxidation sites excluding steroid dienone is 1. The van der Waals surface area contributed by atoms with Crippen LogP contribution in [0.4, 0.5) is 0 Å². The summed E-state index contributed by atoms with van der Waals surface area (Å²) in [5, 5.41) is 0.0774. The predicted molar refractivity (Wildman–Crippen MR) is 62.6 cm³/mol. The number of rotatable bonds is 4. The van der Waals surface area contributed by atoms with E-state index in [1.807, 2.05) is 30.3 Å². The predicted octanol–water partition coefficient (Wildman–Crippen LogP) is 3.30. The normalized spacial score (nSPS) is 9.43. The summed E-state index contributed by atoms with van der Waals surface area (Å²) >= 11 is 1.25. The standard InChI is InChI=1S/C12H12OS/c1-3-10(2)9-14-12(13)11-7-5-4-6-8-11/h3-8H,1-2,9H2. The highest BCUT2D eigenvalue weighted by atomic mass is 32.2. The molecule has 0 unspecified atom stereocenters. The van der Waals surface area contributed by atoms with E-state index in [4.69, 9.17) is 0 Å². The molecule has 0 atom stereocenters. The van der Waals surface area contributed by atoms with Crippen molar-refractivity contribution in [2.75, 3.05) is 5.75 Å². The highest BCUT2D eigenvalue weighted by Gasteiger charge is 2.04. The van der Waals surface area contributed by atoms with Crippen LogP contribution in [0.5, 0.6) is 0 Å².